The highest BCUT2D eigenvalue weighted by atomic mass is 35.5. The minimum Gasteiger partial charge on any atom is -0.381 e. The van der Waals surface area contributed by atoms with Gasteiger partial charge in [0.2, 0.25) is 0 Å². The number of nitrogens with one attached hydrogen (secondary N) is 2. The summed E-state index contributed by atoms with van der Waals surface area (Å²) in [5.74, 6) is -0.0951. The van der Waals surface area contributed by atoms with Gasteiger partial charge in [-0.1, -0.05) is 38.3 Å². The van der Waals surface area contributed by atoms with E-state index in [1.54, 1.807) is 19.2 Å². The van der Waals surface area contributed by atoms with Gasteiger partial charge >= 0.3 is 0 Å². The van der Waals surface area contributed by atoms with Crippen LogP contribution in [0.3, 0.4) is 0 Å². The van der Waals surface area contributed by atoms with Crippen molar-refractivity contribution < 1.29 is 4.79 Å². The van der Waals surface area contributed by atoms with Gasteiger partial charge in [0.25, 0.3) is 5.91 Å². The maximum absolute atomic E-state index is 11.6. The molecule has 1 aromatic carbocycles. The van der Waals surface area contributed by atoms with Crippen molar-refractivity contribution in [3.05, 3.63) is 28.8 Å². The van der Waals surface area contributed by atoms with Crippen LogP contribution in [0.2, 0.25) is 5.02 Å². The Bertz CT molecular complexity index is 415. The van der Waals surface area contributed by atoms with Crippen molar-refractivity contribution in [2.45, 2.75) is 45.6 Å². The lowest BCUT2D eigenvalue weighted by molar-refractivity contribution is 0.0963. The van der Waals surface area contributed by atoms with E-state index in [0.717, 1.165) is 31.4 Å². The SMILES string of the molecule is CCCC(CCC)Nc1cc(C(=O)NC)ccc1Cl. The zero-order chi connectivity index (χ0) is 14.3. The molecule has 0 aliphatic heterocycles. The summed E-state index contributed by atoms with van der Waals surface area (Å²) in [4.78, 5) is 11.6. The van der Waals surface area contributed by atoms with Crippen molar-refractivity contribution in [1.82, 2.24) is 5.32 Å². The quantitative estimate of drug-likeness (QED) is 0.791. The maximum atomic E-state index is 11.6. The van der Waals surface area contributed by atoms with Gasteiger partial charge in [-0.3, -0.25) is 4.79 Å². The Balaban J connectivity index is 2.88. The van der Waals surface area contributed by atoms with Crippen molar-refractivity contribution in [3.63, 3.8) is 0 Å². The van der Waals surface area contributed by atoms with Crippen LogP contribution in [0, 0.1) is 0 Å². The fourth-order valence-corrected chi connectivity index (χ4v) is 2.30. The van der Waals surface area contributed by atoms with Crippen molar-refractivity contribution >= 4 is 23.2 Å². The maximum Gasteiger partial charge on any atom is 0.251 e. The van der Waals surface area contributed by atoms with Crippen LogP contribution < -0.4 is 10.6 Å². The molecular formula is C15H23ClN2O. The predicted molar refractivity (Wildman–Crippen MR) is 82.1 cm³/mol. The molecular weight excluding hydrogens is 260 g/mol. The molecule has 19 heavy (non-hydrogen) atoms. The second-order valence-electron chi connectivity index (χ2n) is 4.69. The van der Waals surface area contributed by atoms with E-state index in [-0.39, 0.29) is 5.91 Å². The lowest BCUT2D eigenvalue weighted by Crippen LogP contribution is -2.21. The summed E-state index contributed by atoms with van der Waals surface area (Å²) in [6.07, 6.45) is 4.47. The van der Waals surface area contributed by atoms with Gasteiger partial charge in [0, 0.05) is 18.7 Å². The summed E-state index contributed by atoms with van der Waals surface area (Å²) < 4.78 is 0. The number of amides is 1. The van der Waals surface area contributed by atoms with Crippen LogP contribution in [0.4, 0.5) is 5.69 Å². The van der Waals surface area contributed by atoms with E-state index < -0.39 is 0 Å². The molecule has 1 amide bonds. The van der Waals surface area contributed by atoms with E-state index in [4.69, 9.17) is 11.6 Å². The van der Waals surface area contributed by atoms with E-state index in [9.17, 15) is 4.79 Å². The first-order valence-corrected chi connectivity index (χ1v) is 7.28. The number of anilines is 1. The molecule has 3 nitrogen and oxygen atoms in total. The van der Waals surface area contributed by atoms with Gasteiger partial charge in [0.15, 0.2) is 0 Å². The number of rotatable bonds is 7. The van der Waals surface area contributed by atoms with Gasteiger partial charge in [0.1, 0.15) is 0 Å². The molecule has 0 aliphatic carbocycles. The summed E-state index contributed by atoms with van der Waals surface area (Å²) >= 11 is 6.19. The van der Waals surface area contributed by atoms with Crippen LogP contribution in [0.15, 0.2) is 18.2 Å². The predicted octanol–water partition coefficient (Wildman–Crippen LogP) is 4.08. The molecule has 0 heterocycles. The summed E-state index contributed by atoms with van der Waals surface area (Å²) in [6.45, 7) is 4.35. The average molecular weight is 283 g/mol. The molecule has 0 saturated heterocycles. The number of carbonyl (C=O) groups is 1. The number of halogens is 1. The van der Waals surface area contributed by atoms with E-state index in [2.05, 4.69) is 24.5 Å². The Labute approximate surface area is 120 Å². The molecule has 0 aliphatic rings. The summed E-state index contributed by atoms with van der Waals surface area (Å²) in [5.41, 5.74) is 1.47. The second-order valence-corrected chi connectivity index (χ2v) is 5.10. The second kappa shape index (κ2) is 8.05. The molecule has 0 atom stereocenters. The fraction of sp³-hybridized carbons (Fsp3) is 0.533. The van der Waals surface area contributed by atoms with E-state index >= 15 is 0 Å². The smallest absolute Gasteiger partial charge is 0.251 e. The number of hydrogen-bond acceptors (Lipinski definition) is 2. The Morgan fingerprint density at radius 2 is 1.89 bits per heavy atom. The van der Waals surface area contributed by atoms with Crippen LogP contribution in [0.5, 0.6) is 0 Å². The topological polar surface area (TPSA) is 41.1 Å². The molecule has 0 radical (unpaired) electrons. The molecule has 0 fully saturated rings. The van der Waals surface area contributed by atoms with E-state index in [1.165, 1.54) is 0 Å². The Hall–Kier alpha value is -1.22. The summed E-state index contributed by atoms with van der Waals surface area (Å²) in [7, 11) is 1.63. The molecule has 0 aromatic heterocycles. The monoisotopic (exact) mass is 282 g/mol. The van der Waals surface area contributed by atoms with Crippen molar-refractivity contribution in [1.29, 1.82) is 0 Å². The minimum atomic E-state index is -0.0951. The van der Waals surface area contributed by atoms with Crippen LogP contribution in [0.25, 0.3) is 0 Å². The zero-order valence-corrected chi connectivity index (χ0v) is 12.7. The highest BCUT2D eigenvalue weighted by molar-refractivity contribution is 6.33. The first kappa shape index (κ1) is 15.8. The standard InChI is InChI=1S/C15H23ClN2O/c1-4-6-12(7-5-2)18-14-10-11(15(19)17-3)8-9-13(14)16/h8-10,12,18H,4-7H2,1-3H3,(H,17,19). The van der Waals surface area contributed by atoms with Crippen LogP contribution in [-0.2, 0) is 0 Å². The fourth-order valence-electron chi connectivity index (χ4n) is 2.13. The summed E-state index contributed by atoms with van der Waals surface area (Å²) in [6, 6.07) is 5.73. The molecule has 106 valence electrons. The van der Waals surface area contributed by atoms with Gasteiger partial charge in [0.05, 0.1) is 10.7 Å². The third-order valence-electron chi connectivity index (χ3n) is 3.09. The molecule has 2 N–H and O–H groups in total. The van der Waals surface area contributed by atoms with E-state index in [0.29, 0.717) is 16.6 Å². The molecule has 0 spiro atoms. The zero-order valence-electron chi connectivity index (χ0n) is 11.9. The Morgan fingerprint density at radius 1 is 1.26 bits per heavy atom. The molecule has 1 rings (SSSR count). The largest absolute Gasteiger partial charge is 0.381 e. The van der Waals surface area contributed by atoms with Gasteiger partial charge in [-0.2, -0.15) is 0 Å². The number of benzene rings is 1. The lowest BCUT2D eigenvalue weighted by Gasteiger charge is -2.20. The first-order chi connectivity index (χ1) is 9.12. The molecule has 1 aromatic rings. The highest BCUT2D eigenvalue weighted by Crippen LogP contribution is 2.25. The first-order valence-electron chi connectivity index (χ1n) is 6.90. The third kappa shape index (κ3) is 4.75. The van der Waals surface area contributed by atoms with Crippen molar-refractivity contribution in [2.75, 3.05) is 12.4 Å². The van der Waals surface area contributed by atoms with Crippen molar-refractivity contribution in [3.8, 4) is 0 Å². The number of hydrogen-bond donors (Lipinski definition) is 2. The van der Waals surface area contributed by atoms with Crippen LogP contribution in [-0.4, -0.2) is 19.0 Å². The average Bonchev–Trinajstić information content (AvgIpc) is 2.41. The Kier molecular flexibility index (Phi) is 6.71. The normalized spacial score (nSPS) is 10.6. The third-order valence-corrected chi connectivity index (χ3v) is 3.42. The van der Waals surface area contributed by atoms with Gasteiger partial charge in [-0.15, -0.1) is 0 Å². The number of carbonyl (C=O) groups excluding carboxylic acids is 1. The molecule has 0 bridgehead atoms. The van der Waals surface area contributed by atoms with Gasteiger partial charge in [-0.25, -0.2) is 0 Å². The molecule has 0 saturated carbocycles. The van der Waals surface area contributed by atoms with Crippen LogP contribution in [0.1, 0.15) is 49.9 Å². The lowest BCUT2D eigenvalue weighted by atomic mass is 10.1. The molecule has 4 heteroatoms. The summed E-state index contributed by atoms with van der Waals surface area (Å²) in [5, 5.41) is 6.74. The minimum absolute atomic E-state index is 0.0951. The van der Waals surface area contributed by atoms with Gasteiger partial charge in [-0.05, 0) is 31.0 Å². The van der Waals surface area contributed by atoms with E-state index in [1.807, 2.05) is 6.07 Å². The van der Waals surface area contributed by atoms with Crippen LogP contribution >= 0.6 is 11.6 Å². The molecule has 0 unspecified atom stereocenters. The highest BCUT2D eigenvalue weighted by Gasteiger charge is 2.11. The Morgan fingerprint density at radius 3 is 2.42 bits per heavy atom. The van der Waals surface area contributed by atoms with Crippen molar-refractivity contribution in [2.24, 2.45) is 0 Å². The van der Waals surface area contributed by atoms with Gasteiger partial charge < -0.3 is 10.6 Å².